The van der Waals surface area contributed by atoms with Crippen LogP contribution in [0.3, 0.4) is 0 Å². The summed E-state index contributed by atoms with van der Waals surface area (Å²) in [7, 11) is 0. The average Bonchev–Trinajstić information content (AvgIpc) is 2.78. The number of benzene rings is 3. The molecule has 0 fully saturated rings. The van der Waals surface area contributed by atoms with Crippen molar-refractivity contribution < 1.29 is 22.0 Å². The van der Waals surface area contributed by atoms with Gasteiger partial charge < -0.3 is 0 Å². The summed E-state index contributed by atoms with van der Waals surface area (Å²) < 4.78 is 69.5. The van der Waals surface area contributed by atoms with Gasteiger partial charge in [0.1, 0.15) is 0 Å². The van der Waals surface area contributed by atoms with E-state index in [0.29, 0.717) is 11.5 Å². The Bertz CT molecular complexity index is 1110. The van der Waals surface area contributed by atoms with Gasteiger partial charge in [0.15, 0.2) is 29.1 Å². The molecule has 0 aromatic heterocycles. The van der Waals surface area contributed by atoms with Crippen molar-refractivity contribution in [2.75, 3.05) is 0 Å². The first kappa shape index (κ1) is 22.5. The summed E-state index contributed by atoms with van der Waals surface area (Å²) in [5.41, 5.74) is 3.61. The van der Waals surface area contributed by atoms with E-state index in [2.05, 4.69) is 6.92 Å². The molecule has 1 atom stereocenters. The van der Waals surface area contributed by atoms with E-state index >= 15 is 0 Å². The molecule has 1 unspecified atom stereocenters. The van der Waals surface area contributed by atoms with Crippen LogP contribution < -0.4 is 0 Å². The monoisotopic (exact) mass is 444 g/mol. The van der Waals surface area contributed by atoms with Crippen LogP contribution in [0.4, 0.5) is 22.0 Å². The van der Waals surface area contributed by atoms with Gasteiger partial charge in [-0.25, -0.2) is 22.0 Å². The number of aryl methyl sites for hydroxylation is 3. The van der Waals surface area contributed by atoms with Crippen molar-refractivity contribution in [3.63, 3.8) is 0 Å². The maximum absolute atomic E-state index is 14.9. The largest absolute Gasteiger partial charge is 0.204 e. The molecular formula is C27H25F5. The van der Waals surface area contributed by atoms with Crippen LogP contribution in [-0.2, 0) is 25.7 Å². The maximum atomic E-state index is 14.9. The molecule has 5 heteroatoms. The molecule has 1 aliphatic rings. The number of hydrogen-bond donors (Lipinski definition) is 0. The normalized spacial score (nSPS) is 15.6. The Morgan fingerprint density at radius 3 is 2.25 bits per heavy atom. The molecule has 0 nitrogen and oxygen atoms in total. The third-order valence-corrected chi connectivity index (χ3v) is 6.43. The van der Waals surface area contributed by atoms with Crippen LogP contribution in [0.25, 0.3) is 11.1 Å². The summed E-state index contributed by atoms with van der Waals surface area (Å²) >= 11 is 0. The summed E-state index contributed by atoms with van der Waals surface area (Å²) in [5.74, 6) is -5.34. The molecule has 0 radical (unpaired) electrons. The lowest BCUT2D eigenvalue weighted by atomic mass is 9.81. The van der Waals surface area contributed by atoms with E-state index in [0.717, 1.165) is 31.4 Å². The van der Waals surface area contributed by atoms with Crippen molar-refractivity contribution >= 4 is 0 Å². The molecule has 0 saturated heterocycles. The van der Waals surface area contributed by atoms with Crippen molar-refractivity contribution in [1.29, 1.82) is 0 Å². The van der Waals surface area contributed by atoms with E-state index in [1.165, 1.54) is 30.0 Å². The Balaban J connectivity index is 1.53. The first-order chi connectivity index (χ1) is 15.4. The summed E-state index contributed by atoms with van der Waals surface area (Å²) in [4.78, 5) is 0. The van der Waals surface area contributed by atoms with Gasteiger partial charge in [-0.05, 0) is 78.0 Å². The molecule has 3 aromatic rings. The van der Waals surface area contributed by atoms with Gasteiger partial charge >= 0.3 is 0 Å². The molecule has 168 valence electrons. The summed E-state index contributed by atoms with van der Waals surface area (Å²) in [5, 5.41) is 0. The van der Waals surface area contributed by atoms with Gasteiger partial charge in [-0.3, -0.25) is 0 Å². The number of fused-ring (bicyclic) bond motifs is 1. The van der Waals surface area contributed by atoms with Crippen molar-refractivity contribution in [2.24, 2.45) is 5.92 Å². The molecule has 32 heavy (non-hydrogen) atoms. The van der Waals surface area contributed by atoms with Crippen molar-refractivity contribution in [3.8, 4) is 11.1 Å². The van der Waals surface area contributed by atoms with E-state index in [1.54, 1.807) is 6.07 Å². The molecule has 4 rings (SSSR count). The topological polar surface area (TPSA) is 0 Å². The second-order valence-electron chi connectivity index (χ2n) is 8.65. The van der Waals surface area contributed by atoms with Crippen molar-refractivity contribution in [2.45, 2.75) is 51.9 Å². The Morgan fingerprint density at radius 2 is 1.53 bits per heavy atom. The maximum Gasteiger partial charge on any atom is 0.194 e. The van der Waals surface area contributed by atoms with E-state index in [9.17, 15) is 22.0 Å². The quantitative estimate of drug-likeness (QED) is 0.269. The molecule has 0 aliphatic heterocycles. The average molecular weight is 444 g/mol. The Kier molecular flexibility index (Phi) is 6.63. The van der Waals surface area contributed by atoms with Gasteiger partial charge in [0.25, 0.3) is 0 Å². The minimum absolute atomic E-state index is 0.0382. The fraction of sp³-hybridized carbons (Fsp3) is 0.333. The zero-order valence-corrected chi connectivity index (χ0v) is 18.0. The molecule has 0 heterocycles. The van der Waals surface area contributed by atoms with Crippen LogP contribution in [0.15, 0.2) is 42.5 Å². The number of hydrogen-bond acceptors (Lipinski definition) is 0. The lowest BCUT2D eigenvalue weighted by molar-refractivity contribution is 0.423. The van der Waals surface area contributed by atoms with Crippen LogP contribution in [0.5, 0.6) is 0 Å². The van der Waals surface area contributed by atoms with Crippen molar-refractivity contribution in [1.82, 2.24) is 0 Å². The van der Waals surface area contributed by atoms with E-state index in [4.69, 9.17) is 0 Å². The smallest absolute Gasteiger partial charge is 0.194 e. The predicted octanol–water partition coefficient (Wildman–Crippen LogP) is 7.74. The Labute approximate surface area is 185 Å². The van der Waals surface area contributed by atoms with Crippen LogP contribution >= 0.6 is 0 Å². The highest BCUT2D eigenvalue weighted by molar-refractivity contribution is 5.66. The standard InChI is InChI=1S/C27H25F5/c1-2-3-16-4-7-20-15-21(9-8-19(20)12-16)22-11-10-18(25(30)26(22)31)6-5-17-13-23(28)27(32)24(29)14-17/h8-11,13-16H,2-7,12H2,1H3. The van der Waals surface area contributed by atoms with Crippen LogP contribution in [0.2, 0.25) is 0 Å². The molecule has 0 N–H and O–H groups in total. The van der Waals surface area contributed by atoms with E-state index < -0.39 is 29.1 Å². The fourth-order valence-corrected chi connectivity index (χ4v) is 4.69. The van der Waals surface area contributed by atoms with Gasteiger partial charge in [0, 0.05) is 5.56 Å². The summed E-state index contributed by atoms with van der Waals surface area (Å²) in [6.45, 7) is 2.19. The molecule has 3 aromatic carbocycles. The first-order valence-corrected chi connectivity index (χ1v) is 11.1. The molecule has 0 spiro atoms. The molecule has 1 aliphatic carbocycles. The van der Waals surface area contributed by atoms with Gasteiger partial charge in [-0.15, -0.1) is 0 Å². The SMILES string of the molecule is CCCC1CCc2cc(-c3ccc(CCc4cc(F)c(F)c(F)c4)c(F)c3F)ccc2C1. The minimum Gasteiger partial charge on any atom is -0.204 e. The van der Waals surface area contributed by atoms with Crippen LogP contribution in [-0.4, -0.2) is 0 Å². The van der Waals surface area contributed by atoms with E-state index in [1.807, 2.05) is 18.2 Å². The lowest BCUT2D eigenvalue weighted by Gasteiger charge is -2.25. The minimum atomic E-state index is -1.54. The molecule has 0 amide bonds. The van der Waals surface area contributed by atoms with Crippen molar-refractivity contribution in [3.05, 3.63) is 93.8 Å². The Morgan fingerprint density at radius 1 is 0.781 bits per heavy atom. The van der Waals surface area contributed by atoms with Gasteiger partial charge in [-0.1, -0.05) is 50.1 Å². The summed E-state index contributed by atoms with van der Waals surface area (Å²) in [6.07, 6.45) is 5.56. The number of rotatable bonds is 6. The predicted molar refractivity (Wildman–Crippen MR) is 116 cm³/mol. The highest BCUT2D eigenvalue weighted by atomic mass is 19.2. The molecule has 0 bridgehead atoms. The Hall–Kier alpha value is -2.69. The third kappa shape index (κ3) is 4.57. The highest BCUT2D eigenvalue weighted by Crippen LogP contribution is 2.33. The van der Waals surface area contributed by atoms with E-state index in [-0.39, 0.29) is 29.5 Å². The fourth-order valence-electron chi connectivity index (χ4n) is 4.69. The molecule has 0 saturated carbocycles. The van der Waals surface area contributed by atoms with Crippen LogP contribution in [0, 0.1) is 35.0 Å². The van der Waals surface area contributed by atoms with Gasteiger partial charge in [0.05, 0.1) is 0 Å². The zero-order valence-electron chi connectivity index (χ0n) is 18.0. The highest BCUT2D eigenvalue weighted by Gasteiger charge is 2.20. The zero-order chi connectivity index (χ0) is 22.8. The lowest BCUT2D eigenvalue weighted by Crippen LogP contribution is -2.14. The van der Waals surface area contributed by atoms with Crippen LogP contribution in [0.1, 0.15) is 48.4 Å². The van der Waals surface area contributed by atoms with Gasteiger partial charge in [0.2, 0.25) is 0 Å². The summed E-state index contributed by atoms with van der Waals surface area (Å²) in [6, 6.07) is 10.6. The molecular weight excluding hydrogens is 419 g/mol. The third-order valence-electron chi connectivity index (χ3n) is 6.43. The second kappa shape index (κ2) is 9.43. The van der Waals surface area contributed by atoms with Gasteiger partial charge in [-0.2, -0.15) is 0 Å². The first-order valence-electron chi connectivity index (χ1n) is 11.1. The number of halogens is 5. The second-order valence-corrected chi connectivity index (χ2v) is 8.65.